The molecule has 0 bridgehead atoms. The molecule has 0 fully saturated rings. The van der Waals surface area contributed by atoms with Crippen molar-refractivity contribution in [2.24, 2.45) is 0 Å². The molecular weight excluding hydrogens is 260 g/mol. The average Bonchev–Trinajstić information content (AvgIpc) is 2.80. The summed E-state index contributed by atoms with van der Waals surface area (Å²) in [6.07, 6.45) is 0. The zero-order valence-electron chi connectivity index (χ0n) is 11.2. The number of nitrogens with one attached hydrogen (secondary N) is 1. The molecule has 0 atom stereocenters. The molecule has 1 amide bonds. The molecule has 0 aliphatic heterocycles. The second-order valence-corrected chi connectivity index (χ2v) is 4.25. The van der Waals surface area contributed by atoms with E-state index in [1.807, 2.05) is 13.8 Å². The maximum atomic E-state index is 12.0. The summed E-state index contributed by atoms with van der Waals surface area (Å²) < 4.78 is 1.71. The number of benzene rings is 1. The lowest BCUT2D eigenvalue weighted by molar-refractivity contribution is -0.384. The Morgan fingerprint density at radius 3 is 2.80 bits per heavy atom. The van der Waals surface area contributed by atoms with Crippen molar-refractivity contribution >= 4 is 17.3 Å². The molecule has 0 saturated carbocycles. The zero-order chi connectivity index (χ0) is 14.7. The van der Waals surface area contributed by atoms with E-state index in [2.05, 4.69) is 10.4 Å². The predicted molar refractivity (Wildman–Crippen MR) is 73.7 cm³/mol. The summed E-state index contributed by atoms with van der Waals surface area (Å²) in [5, 5.41) is 17.4. The summed E-state index contributed by atoms with van der Waals surface area (Å²) in [6.45, 7) is 4.47. The quantitative estimate of drug-likeness (QED) is 0.684. The van der Waals surface area contributed by atoms with Gasteiger partial charge in [-0.1, -0.05) is 6.07 Å². The SMILES string of the molecule is CCn1nc(C(=O)Nc2cccc([N+](=O)[O-])c2)cc1C. The van der Waals surface area contributed by atoms with Crippen molar-refractivity contribution in [3.8, 4) is 0 Å². The molecule has 1 N–H and O–H groups in total. The van der Waals surface area contributed by atoms with E-state index in [-0.39, 0.29) is 17.3 Å². The van der Waals surface area contributed by atoms with Gasteiger partial charge in [-0.25, -0.2) is 0 Å². The summed E-state index contributed by atoms with van der Waals surface area (Å²) in [6, 6.07) is 7.46. The third kappa shape index (κ3) is 2.82. The first-order chi connectivity index (χ1) is 9.51. The van der Waals surface area contributed by atoms with Gasteiger partial charge in [0.2, 0.25) is 0 Å². The minimum absolute atomic E-state index is 0.0712. The number of carbonyl (C=O) groups is 1. The van der Waals surface area contributed by atoms with Crippen molar-refractivity contribution in [2.45, 2.75) is 20.4 Å². The Kier molecular flexibility index (Phi) is 3.79. The average molecular weight is 274 g/mol. The lowest BCUT2D eigenvalue weighted by Crippen LogP contribution is -2.13. The molecule has 20 heavy (non-hydrogen) atoms. The minimum atomic E-state index is -0.508. The molecule has 1 heterocycles. The summed E-state index contributed by atoms with van der Waals surface area (Å²) in [4.78, 5) is 22.2. The number of anilines is 1. The van der Waals surface area contributed by atoms with E-state index in [9.17, 15) is 14.9 Å². The molecule has 1 aromatic heterocycles. The number of aryl methyl sites for hydroxylation is 2. The normalized spacial score (nSPS) is 10.3. The van der Waals surface area contributed by atoms with Gasteiger partial charge in [0, 0.05) is 30.1 Å². The molecule has 0 spiro atoms. The Bertz CT molecular complexity index is 663. The van der Waals surface area contributed by atoms with E-state index in [1.165, 1.54) is 18.2 Å². The Labute approximate surface area is 115 Å². The maximum Gasteiger partial charge on any atom is 0.276 e. The third-order valence-corrected chi connectivity index (χ3v) is 2.83. The number of nitro groups is 1. The maximum absolute atomic E-state index is 12.0. The highest BCUT2D eigenvalue weighted by molar-refractivity contribution is 6.03. The number of carbonyl (C=O) groups excluding carboxylic acids is 1. The Balaban J connectivity index is 2.18. The van der Waals surface area contributed by atoms with Crippen molar-refractivity contribution in [1.82, 2.24) is 9.78 Å². The highest BCUT2D eigenvalue weighted by atomic mass is 16.6. The van der Waals surface area contributed by atoms with Crippen LogP contribution >= 0.6 is 0 Å². The number of rotatable bonds is 4. The summed E-state index contributed by atoms with van der Waals surface area (Å²) >= 11 is 0. The number of nitrogens with zero attached hydrogens (tertiary/aromatic N) is 3. The van der Waals surface area contributed by atoms with Gasteiger partial charge in [-0.3, -0.25) is 19.6 Å². The van der Waals surface area contributed by atoms with Crippen LogP contribution in [0.3, 0.4) is 0 Å². The fourth-order valence-electron chi connectivity index (χ4n) is 1.83. The molecule has 0 radical (unpaired) electrons. The number of nitro benzene ring substituents is 1. The van der Waals surface area contributed by atoms with Gasteiger partial charge in [0.05, 0.1) is 4.92 Å². The topological polar surface area (TPSA) is 90.1 Å². The van der Waals surface area contributed by atoms with Crippen molar-refractivity contribution in [2.75, 3.05) is 5.32 Å². The van der Waals surface area contributed by atoms with E-state index >= 15 is 0 Å². The third-order valence-electron chi connectivity index (χ3n) is 2.83. The molecule has 0 aliphatic carbocycles. The number of amides is 1. The van der Waals surface area contributed by atoms with Crippen LogP contribution in [-0.4, -0.2) is 20.6 Å². The monoisotopic (exact) mass is 274 g/mol. The van der Waals surface area contributed by atoms with Crippen molar-refractivity contribution in [3.63, 3.8) is 0 Å². The van der Waals surface area contributed by atoms with Crippen LogP contribution in [0.25, 0.3) is 0 Å². The highest BCUT2D eigenvalue weighted by Gasteiger charge is 2.13. The summed E-state index contributed by atoms with van der Waals surface area (Å²) in [5.74, 6) is -0.388. The largest absolute Gasteiger partial charge is 0.320 e. The first kappa shape index (κ1) is 13.7. The lowest BCUT2D eigenvalue weighted by atomic mass is 10.2. The van der Waals surface area contributed by atoms with Crippen LogP contribution in [-0.2, 0) is 6.54 Å². The Hall–Kier alpha value is -2.70. The highest BCUT2D eigenvalue weighted by Crippen LogP contribution is 2.17. The van der Waals surface area contributed by atoms with E-state index in [0.29, 0.717) is 12.2 Å². The second-order valence-electron chi connectivity index (χ2n) is 4.25. The molecule has 0 unspecified atom stereocenters. The Morgan fingerprint density at radius 1 is 1.45 bits per heavy atom. The molecule has 2 rings (SSSR count). The van der Waals surface area contributed by atoms with Crippen LogP contribution in [0.15, 0.2) is 30.3 Å². The molecule has 104 valence electrons. The lowest BCUT2D eigenvalue weighted by Gasteiger charge is -2.02. The van der Waals surface area contributed by atoms with Crippen molar-refractivity contribution < 1.29 is 9.72 Å². The van der Waals surface area contributed by atoms with Crippen LogP contribution in [0.1, 0.15) is 23.1 Å². The van der Waals surface area contributed by atoms with Crippen LogP contribution in [0.4, 0.5) is 11.4 Å². The number of aromatic nitrogens is 2. The first-order valence-corrected chi connectivity index (χ1v) is 6.11. The van der Waals surface area contributed by atoms with Gasteiger partial charge < -0.3 is 5.32 Å². The van der Waals surface area contributed by atoms with Crippen LogP contribution in [0.5, 0.6) is 0 Å². The Morgan fingerprint density at radius 2 is 2.20 bits per heavy atom. The standard InChI is InChI=1S/C13H14N4O3/c1-3-16-9(2)7-12(15-16)13(18)14-10-5-4-6-11(8-10)17(19)20/h4-8H,3H2,1-2H3,(H,14,18). The molecule has 7 heteroatoms. The first-order valence-electron chi connectivity index (χ1n) is 6.11. The van der Waals surface area contributed by atoms with E-state index in [1.54, 1.807) is 16.8 Å². The minimum Gasteiger partial charge on any atom is -0.320 e. The smallest absolute Gasteiger partial charge is 0.276 e. The zero-order valence-corrected chi connectivity index (χ0v) is 11.2. The fraction of sp³-hybridized carbons (Fsp3) is 0.231. The molecule has 1 aromatic carbocycles. The molecule has 7 nitrogen and oxygen atoms in total. The van der Waals surface area contributed by atoms with E-state index < -0.39 is 4.92 Å². The van der Waals surface area contributed by atoms with Crippen molar-refractivity contribution in [3.05, 3.63) is 51.8 Å². The molecule has 0 aliphatic rings. The number of non-ortho nitro benzene ring substituents is 1. The van der Waals surface area contributed by atoms with E-state index in [4.69, 9.17) is 0 Å². The second kappa shape index (κ2) is 5.52. The van der Waals surface area contributed by atoms with Gasteiger partial charge in [0.25, 0.3) is 11.6 Å². The van der Waals surface area contributed by atoms with Gasteiger partial charge in [-0.15, -0.1) is 0 Å². The van der Waals surface area contributed by atoms with E-state index in [0.717, 1.165) is 5.69 Å². The van der Waals surface area contributed by atoms with Gasteiger partial charge >= 0.3 is 0 Å². The van der Waals surface area contributed by atoms with Gasteiger partial charge in [-0.2, -0.15) is 5.10 Å². The summed E-state index contributed by atoms with van der Waals surface area (Å²) in [7, 11) is 0. The predicted octanol–water partition coefficient (Wildman–Crippen LogP) is 2.37. The number of hydrogen-bond acceptors (Lipinski definition) is 4. The van der Waals surface area contributed by atoms with Gasteiger partial charge in [0.15, 0.2) is 5.69 Å². The molecule has 2 aromatic rings. The number of hydrogen-bond donors (Lipinski definition) is 1. The van der Waals surface area contributed by atoms with Crippen molar-refractivity contribution in [1.29, 1.82) is 0 Å². The van der Waals surface area contributed by atoms with Crippen LogP contribution < -0.4 is 5.32 Å². The van der Waals surface area contributed by atoms with Gasteiger partial charge in [-0.05, 0) is 26.0 Å². The molecular formula is C13H14N4O3. The summed E-state index contributed by atoms with van der Waals surface area (Å²) in [5.41, 5.74) is 1.47. The fourth-order valence-corrected chi connectivity index (χ4v) is 1.83. The van der Waals surface area contributed by atoms with Gasteiger partial charge in [0.1, 0.15) is 0 Å². The molecule has 0 saturated heterocycles. The van der Waals surface area contributed by atoms with Crippen LogP contribution in [0.2, 0.25) is 0 Å². The van der Waals surface area contributed by atoms with Crippen LogP contribution in [0, 0.1) is 17.0 Å².